The number of hydrogen-bond donors (Lipinski definition) is 3. The average molecular weight is 441 g/mol. The zero-order chi connectivity index (χ0) is 22.6. The highest BCUT2D eigenvalue weighted by atomic mass is 19.3. The number of fused-ring (bicyclic) bond motifs is 1. The molecule has 0 bridgehead atoms. The average Bonchev–Trinajstić information content (AvgIpc) is 2.81. The summed E-state index contributed by atoms with van der Waals surface area (Å²) < 4.78 is 34.0. The molecule has 0 spiro atoms. The van der Waals surface area contributed by atoms with Gasteiger partial charge >= 0.3 is 0 Å². The maximum atomic E-state index is 14.3. The standard InChI is InChI=1S/C23H25F2N5O2/c1-26-21(31)14-32-18-4-2-15(3-5-18)16-10-19-22(29-9-8-28-19)20(11-16)30-13-17-12-27-7-6-23(17,24)25/h2-5,8-11,17,27,30H,6-7,12-14H2,1H3,(H,26,31)/t17-/m1/s1. The molecule has 9 heteroatoms. The van der Waals surface area contributed by atoms with Gasteiger partial charge < -0.3 is 20.7 Å². The fraction of sp³-hybridized carbons (Fsp3) is 0.348. The summed E-state index contributed by atoms with van der Waals surface area (Å²) in [4.78, 5) is 20.1. The molecule has 1 fully saturated rings. The van der Waals surface area contributed by atoms with E-state index in [0.29, 0.717) is 29.0 Å². The lowest BCUT2D eigenvalue weighted by Crippen LogP contribution is -2.47. The minimum atomic E-state index is -2.71. The lowest BCUT2D eigenvalue weighted by molar-refractivity contribution is -0.122. The molecule has 2 heterocycles. The Kier molecular flexibility index (Phi) is 6.45. The van der Waals surface area contributed by atoms with Crippen LogP contribution in [0.4, 0.5) is 14.5 Å². The third-order valence-corrected chi connectivity index (χ3v) is 5.57. The fourth-order valence-electron chi connectivity index (χ4n) is 3.68. The largest absolute Gasteiger partial charge is 0.484 e. The van der Waals surface area contributed by atoms with Crippen LogP contribution < -0.4 is 20.7 Å². The van der Waals surface area contributed by atoms with Crippen molar-refractivity contribution in [2.45, 2.75) is 12.3 Å². The topological polar surface area (TPSA) is 88.2 Å². The molecule has 1 aliphatic heterocycles. The van der Waals surface area contributed by atoms with Gasteiger partial charge in [-0.15, -0.1) is 0 Å². The monoisotopic (exact) mass is 441 g/mol. The van der Waals surface area contributed by atoms with Gasteiger partial charge in [-0.1, -0.05) is 12.1 Å². The Labute approximate surface area is 184 Å². The fourth-order valence-corrected chi connectivity index (χ4v) is 3.68. The predicted octanol–water partition coefficient (Wildman–Crippen LogP) is 3.08. The lowest BCUT2D eigenvalue weighted by Gasteiger charge is -2.32. The first-order chi connectivity index (χ1) is 15.5. The molecule has 1 saturated heterocycles. The molecule has 2 aromatic carbocycles. The summed E-state index contributed by atoms with van der Waals surface area (Å²) in [6.45, 7) is 0.661. The molecule has 1 amide bonds. The van der Waals surface area contributed by atoms with Crippen LogP contribution in [0.5, 0.6) is 5.75 Å². The second-order valence-electron chi connectivity index (χ2n) is 7.73. The maximum absolute atomic E-state index is 14.3. The molecule has 7 nitrogen and oxygen atoms in total. The van der Waals surface area contributed by atoms with Crippen molar-refractivity contribution in [3.63, 3.8) is 0 Å². The number of alkyl halides is 2. The minimum Gasteiger partial charge on any atom is -0.484 e. The molecule has 0 unspecified atom stereocenters. The van der Waals surface area contributed by atoms with Crippen molar-refractivity contribution in [2.75, 3.05) is 38.6 Å². The van der Waals surface area contributed by atoms with Crippen LogP contribution in [0.25, 0.3) is 22.2 Å². The smallest absolute Gasteiger partial charge is 0.257 e. The Balaban J connectivity index is 1.57. The highest BCUT2D eigenvalue weighted by molar-refractivity contribution is 5.92. The number of halogens is 2. The Hall–Kier alpha value is -3.33. The lowest BCUT2D eigenvalue weighted by atomic mass is 9.94. The quantitative estimate of drug-likeness (QED) is 0.522. The van der Waals surface area contributed by atoms with E-state index >= 15 is 0 Å². The number of hydrogen-bond acceptors (Lipinski definition) is 6. The maximum Gasteiger partial charge on any atom is 0.257 e. The van der Waals surface area contributed by atoms with E-state index in [2.05, 4.69) is 25.9 Å². The Morgan fingerprint density at radius 1 is 1.19 bits per heavy atom. The number of aromatic nitrogens is 2. The SMILES string of the molecule is CNC(=O)COc1ccc(-c2cc(NC[C@H]3CNCCC3(F)F)c3nccnc3c2)cc1. The molecule has 1 atom stereocenters. The normalized spacial score (nSPS) is 17.7. The Morgan fingerprint density at radius 2 is 1.97 bits per heavy atom. The first-order valence-corrected chi connectivity index (χ1v) is 10.5. The third-order valence-electron chi connectivity index (χ3n) is 5.57. The van der Waals surface area contributed by atoms with Crippen molar-refractivity contribution in [3.05, 3.63) is 48.8 Å². The molecule has 4 rings (SSSR count). The van der Waals surface area contributed by atoms with Gasteiger partial charge in [0, 0.05) is 45.5 Å². The minimum absolute atomic E-state index is 0.0594. The molecule has 0 saturated carbocycles. The summed E-state index contributed by atoms with van der Waals surface area (Å²) in [7, 11) is 1.55. The first-order valence-electron chi connectivity index (χ1n) is 10.5. The van der Waals surface area contributed by atoms with Gasteiger partial charge in [-0.2, -0.15) is 0 Å². The summed E-state index contributed by atoms with van der Waals surface area (Å²) in [5.41, 5.74) is 3.73. The molecular formula is C23H25F2N5O2. The summed E-state index contributed by atoms with van der Waals surface area (Å²) in [5.74, 6) is -3.15. The second kappa shape index (κ2) is 9.44. The molecule has 0 aliphatic carbocycles. The first kappa shape index (κ1) is 21.9. The van der Waals surface area contributed by atoms with Gasteiger partial charge in [-0.05, 0) is 35.4 Å². The number of piperidine rings is 1. The van der Waals surface area contributed by atoms with Gasteiger partial charge in [-0.25, -0.2) is 8.78 Å². The molecule has 1 aromatic heterocycles. The number of carbonyl (C=O) groups excluding carboxylic acids is 1. The van der Waals surface area contributed by atoms with Crippen molar-refractivity contribution in [1.29, 1.82) is 0 Å². The van der Waals surface area contributed by atoms with E-state index in [9.17, 15) is 13.6 Å². The number of ether oxygens (including phenoxy) is 1. The Bertz CT molecular complexity index is 1090. The second-order valence-corrected chi connectivity index (χ2v) is 7.73. The van der Waals surface area contributed by atoms with Crippen LogP contribution in [0.2, 0.25) is 0 Å². The third kappa shape index (κ3) is 4.94. The van der Waals surface area contributed by atoms with Crippen molar-refractivity contribution in [2.24, 2.45) is 5.92 Å². The van der Waals surface area contributed by atoms with Gasteiger partial charge in [0.2, 0.25) is 0 Å². The zero-order valence-corrected chi connectivity index (χ0v) is 17.7. The zero-order valence-electron chi connectivity index (χ0n) is 17.7. The molecular weight excluding hydrogens is 416 g/mol. The summed E-state index contributed by atoms with van der Waals surface area (Å²) >= 11 is 0. The number of rotatable bonds is 7. The van der Waals surface area contributed by atoms with Crippen LogP contribution in [-0.4, -0.2) is 55.1 Å². The summed E-state index contributed by atoms with van der Waals surface area (Å²) in [5, 5.41) is 8.73. The summed E-state index contributed by atoms with van der Waals surface area (Å²) in [6, 6.07) is 11.1. The number of likely N-dealkylation sites (N-methyl/N-ethyl adjacent to an activating group) is 1. The van der Waals surface area contributed by atoms with E-state index in [1.807, 2.05) is 24.3 Å². The number of nitrogens with zero attached hydrogens (tertiary/aromatic N) is 2. The van der Waals surface area contributed by atoms with E-state index in [0.717, 1.165) is 11.1 Å². The summed E-state index contributed by atoms with van der Waals surface area (Å²) in [6.07, 6.45) is 3.03. The van der Waals surface area contributed by atoms with Gasteiger partial charge in [0.05, 0.1) is 17.1 Å². The highest BCUT2D eigenvalue weighted by Gasteiger charge is 2.41. The number of carbonyl (C=O) groups is 1. The number of benzene rings is 2. The van der Waals surface area contributed by atoms with Crippen LogP contribution in [0.15, 0.2) is 48.8 Å². The highest BCUT2D eigenvalue weighted by Crippen LogP contribution is 2.33. The van der Waals surface area contributed by atoms with Crippen LogP contribution in [0, 0.1) is 5.92 Å². The van der Waals surface area contributed by atoms with Crippen molar-refractivity contribution in [3.8, 4) is 16.9 Å². The van der Waals surface area contributed by atoms with E-state index in [-0.39, 0.29) is 32.0 Å². The van der Waals surface area contributed by atoms with Crippen LogP contribution in [0.1, 0.15) is 6.42 Å². The van der Waals surface area contributed by atoms with Gasteiger partial charge in [-0.3, -0.25) is 14.8 Å². The van der Waals surface area contributed by atoms with Crippen LogP contribution in [-0.2, 0) is 4.79 Å². The predicted molar refractivity (Wildman–Crippen MR) is 119 cm³/mol. The molecule has 32 heavy (non-hydrogen) atoms. The van der Waals surface area contributed by atoms with E-state index in [4.69, 9.17) is 4.74 Å². The van der Waals surface area contributed by atoms with Crippen molar-refractivity contribution < 1.29 is 18.3 Å². The van der Waals surface area contributed by atoms with E-state index in [1.165, 1.54) is 0 Å². The van der Waals surface area contributed by atoms with Gasteiger partial charge in [0.25, 0.3) is 11.8 Å². The van der Waals surface area contributed by atoms with Crippen molar-refractivity contribution in [1.82, 2.24) is 20.6 Å². The van der Waals surface area contributed by atoms with Crippen molar-refractivity contribution >= 4 is 22.6 Å². The molecule has 3 aromatic rings. The van der Waals surface area contributed by atoms with Crippen LogP contribution >= 0.6 is 0 Å². The molecule has 0 radical (unpaired) electrons. The van der Waals surface area contributed by atoms with Gasteiger partial charge in [0.1, 0.15) is 11.3 Å². The number of anilines is 1. The molecule has 168 valence electrons. The number of amides is 1. The number of nitrogens with one attached hydrogen (secondary N) is 3. The van der Waals surface area contributed by atoms with E-state index in [1.54, 1.807) is 31.6 Å². The van der Waals surface area contributed by atoms with Crippen LogP contribution in [0.3, 0.4) is 0 Å². The molecule has 1 aliphatic rings. The Morgan fingerprint density at radius 3 is 2.72 bits per heavy atom. The van der Waals surface area contributed by atoms with Gasteiger partial charge in [0.15, 0.2) is 6.61 Å². The molecule has 3 N–H and O–H groups in total. The van der Waals surface area contributed by atoms with E-state index < -0.39 is 11.8 Å².